The average molecular weight is 657 g/mol. The van der Waals surface area contributed by atoms with Gasteiger partial charge in [-0.15, -0.1) is 39.7 Å². The van der Waals surface area contributed by atoms with Crippen LogP contribution in [0.3, 0.4) is 0 Å². The molecule has 5 rings (SSSR count). The zero-order chi connectivity index (χ0) is 29.0. The first kappa shape index (κ1) is 32.0. The van der Waals surface area contributed by atoms with Crippen LogP contribution >= 0.6 is 28.6 Å². The van der Waals surface area contributed by atoms with Crippen molar-refractivity contribution in [3.8, 4) is 0 Å². The van der Waals surface area contributed by atoms with E-state index in [1.165, 1.54) is 43.8 Å². The standard InChI is InChI=1S/C23H29.C7H5Cl.C5H5.2ClH.Zr/c1-14-9-16-11-17-10-15(2)21(23(6,7)8)13-19(17)18(16)12-20(14)22(3,4)5;1-6-2-4-7(8)5-3-6;1-2-4-5-3-1;;;/h9-13H,1-8H3;1-5H;1-5H;2*1H;/q-1;;-1;;;+2/p-2. The second-order valence-corrected chi connectivity index (χ2v) is 20.6. The largest absolute Gasteiger partial charge is 0.214 e. The topological polar surface area (TPSA) is 0 Å². The second kappa shape index (κ2) is 13.4. The van der Waals surface area contributed by atoms with Gasteiger partial charge in [-0.25, -0.2) is 12.1 Å². The van der Waals surface area contributed by atoms with Crippen LogP contribution in [-0.2, 0) is 29.7 Å². The average Bonchev–Trinajstić information content (AvgIpc) is 3.49. The molecule has 0 amide bonds. The molecule has 5 aromatic rings. The van der Waals surface area contributed by atoms with E-state index >= 15 is 0 Å². The molecule has 0 fully saturated rings. The first-order valence-electron chi connectivity index (χ1n) is 13.3. The van der Waals surface area contributed by atoms with Crippen molar-refractivity contribution in [2.24, 2.45) is 0 Å². The van der Waals surface area contributed by atoms with E-state index in [1.807, 2.05) is 58.3 Å². The molecule has 0 aliphatic carbocycles. The van der Waals surface area contributed by atoms with Crippen LogP contribution in [0, 0.1) is 13.8 Å². The van der Waals surface area contributed by atoms with Crippen LogP contribution in [0.15, 0.2) is 84.9 Å². The van der Waals surface area contributed by atoms with Gasteiger partial charge in [0.05, 0.1) is 0 Å². The Morgan fingerprint density at radius 3 is 1.46 bits per heavy atom. The normalized spacial score (nSPS) is 11.5. The maximum atomic E-state index is 5.73. The van der Waals surface area contributed by atoms with Gasteiger partial charge in [-0.2, -0.15) is 18.2 Å². The summed E-state index contributed by atoms with van der Waals surface area (Å²) in [5, 5.41) is 6.28. The van der Waals surface area contributed by atoms with Gasteiger partial charge < -0.3 is 0 Å². The Balaban J connectivity index is 0.000000215. The van der Waals surface area contributed by atoms with Crippen LogP contribution in [0.1, 0.15) is 69.4 Å². The third-order valence-corrected chi connectivity index (χ3v) is 9.61. The summed E-state index contributed by atoms with van der Waals surface area (Å²) in [6.07, 6.45) is 0. The number of hydrogen-bond donors (Lipinski definition) is 0. The molecule has 0 radical (unpaired) electrons. The SMILES string of the molecule is Cc1cc2[cH-]c3cc(C)c(C(C)(C)C)cc3c2cc1C(C)(C)C.Clc1ccc([CH]=[Zr]([Cl])[Cl])cc1.c1cc[cH-]c1. The van der Waals surface area contributed by atoms with Crippen LogP contribution in [0.4, 0.5) is 0 Å². The molecule has 0 nitrogen and oxygen atoms in total. The van der Waals surface area contributed by atoms with Gasteiger partial charge in [-0.3, -0.25) is 0 Å². The van der Waals surface area contributed by atoms with Crippen LogP contribution in [0.5, 0.6) is 0 Å². The molecule has 0 saturated heterocycles. The number of benzene rings is 3. The predicted molar refractivity (Wildman–Crippen MR) is 174 cm³/mol. The smallest absolute Gasteiger partial charge is 0.172 e. The summed E-state index contributed by atoms with van der Waals surface area (Å²) in [5.74, 6) is 0. The molecule has 0 atom stereocenters. The maximum Gasteiger partial charge on any atom is -0.172 e. The van der Waals surface area contributed by atoms with E-state index in [4.69, 9.17) is 28.6 Å². The fourth-order valence-corrected chi connectivity index (χ4v) is 7.66. The van der Waals surface area contributed by atoms with Crippen LogP contribution in [0.2, 0.25) is 5.02 Å². The van der Waals surface area contributed by atoms with E-state index in [1.54, 1.807) is 0 Å². The minimum absolute atomic E-state index is 0.180. The van der Waals surface area contributed by atoms with E-state index in [9.17, 15) is 0 Å². The number of halogens is 3. The van der Waals surface area contributed by atoms with Crippen molar-refractivity contribution in [1.82, 2.24) is 0 Å². The van der Waals surface area contributed by atoms with Crippen molar-refractivity contribution in [2.45, 2.75) is 66.2 Å². The Kier molecular flexibility index (Phi) is 11.0. The number of rotatable bonds is 1. The summed E-state index contributed by atoms with van der Waals surface area (Å²) >= 11 is 3.56. The fourth-order valence-electron chi connectivity index (χ4n) is 4.96. The van der Waals surface area contributed by atoms with Gasteiger partial charge >= 0.3 is 86.1 Å². The third-order valence-electron chi connectivity index (χ3n) is 6.71. The molecule has 4 heteroatoms. The van der Waals surface area contributed by atoms with Crippen molar-refractivity contribution in [2.75, 3.05) is 0 Å². The maximum absolute atomic E-state index is 5.73. The molecular formula is C35H39Cl3Zr-2. The summed E-state index contributed by atoms with van der Waals surface area (Å²) in [4.78, 5) is 0. The molecule has 0 unspecified atom stereocenters. The Hall–Kier alpha value is -1.50. The summed E-state index contributed by atoms with van der Waals surface area (Å²) in [6.45, 7) is 18.3. The Labute approximate surface area is 254 Å². The predicted octanol–water partition coefficient (Wildman–Crippen LogP) is 11.7. The van der Waals surface area contributed by atoms with E-state index in [0.29, 0.717) is 0 Å². The first-order chi connectivity index (χ1) is 18.2. The molecule has 0 bridgehead atoms. The van der Waals surface area contributed by atoms with Crippen molar-refractivity contribution in [1.29, 1.82) is 0 Å². The molecule has 0 aromatic heterocycles. The molecule has 0 aliphatic rings. The molecule has 0 N–H and O–H groups in total. The number of hydrogen-bond acceptors (Lipinski definition) is 0. The summed E-state index contributed by atoms with van der Waals surface area (Å²) < 4.78 is 1.93. The summed E-state index contributed by atoms with van der Waals surface area (Å²) in [7, 11) is 11.5. The monoisotopic (exact) mass is 654 g/mol. The van der Waals surface area contributed by atoms with Gasteiger partial charge in [0.25, 0.3) is 0 Å². The van der Waals surface area contributed by atoms with E-state index < -0.39 is 18.9 Å². The van der Waals surface area contributed by atoms with E-state index in [-0.39, 0.29) is 10.8 Å². The van der Waals surface area contributed by atoms with Crippen molar-refractivity contribution in [3.05, 3.63) is 118 Å². The van der Waals surface area contributed by atoms with Crippen molar-refractivity contribution in [3.63, 3.8) is 0 Å². The molecular weight excluding hydrogens is 618 g/mol. The number of aryl methyl sites for hydroxylation is 2. The summed E-state index contributed by atoms with van der Waals surface area (Å²) in [6, 6.07) is 29.4. The Morgan fingerprint density at radius 1 is 0.692 bits per heavy atom. The molecule has 39 heavy (non-hydrogen) atoms. The van der Waals surface area contributed by atoms with Gasteiger partial charge in [0, 0.05) is 0 Å². The minimum Gasteiger partial charge on any atom is -0.214 e. The van der Waals surface area contributed by atoms with Gasteiger partial charge in [0.15, 0.2) is 0 Å². The van der Waals surface area contributed by atoms with Gasteiger partial charge in [0.2, 0.25) is 0 Å². The van der Waals surface area contributed by atoms with Crippen molar-refractivity contribution < 1.29 is 18.9 Å². The van der Waals surface area contributed by atoms with Crippen LogP contribution < -0.4 is 0 Å². The molecule has 0 spiro atoms. The first-order valence-corrected chi connectivity index (χ1v) is 21.4. The van der Waals surface area contributed by atoms with Gasteiger partial charge in [-0.1, -0.05) is 75.9 Å². The van der Waals surface area contributed by atoms with E-state index in [2.05, 4.69) is 85.7 Å². The van der Waals surface area contributed by atoms with E-state index in [0.717, 1.165) is 10.6 Å². The minimum atomic E-state index is -2.13. The fraction of sp³-hybridized carbons (Fsp3) is 0.286. The van der Waals surface area contributed by atoms with Gasteiger partial charge in [0.1, 0.15) is 0 Å². The zero-order valence-electron chi connectivity index (χ0n) is 24.3. The third kappa shape index (κ3) is 9.00. The molecule has 5 aromatic carbocycles. The molecule has 0 aliphatic heterocycles. The Bertz CT molecular complexity index is 1440. The molecule has 206 valence electrons. The number of fused-ring (bicyclic) bond motifs is 3. The van der Waals surface area contributed by atoms with Crippen molar-refractivity contribution >= 4 is 53.9 Å². The molecule has 0 heterocycles. The van der Waals surface area contributed by atoms with Crippen LogP contribution in [0.25, 0.3) is 21.5 Å². The zero-order valence-corrected chi connectivity index (χ0v) is 29.0. The summed E-state index contributed by atoms with van der Waals surface area (Å²) in [5.41, 5.74) is 7.12. The van der Waals surface area contributed by atoms with Gasteiger partial charge in [-0.05, 0) is 24.7 Å². The molecule has 0 saturated carbocycles. The second-order valence-electron chi connectivity index (χ2n) is 12.1. The Morgan fingerprint density at radius 2 is 1.13 bits per heavy atom. The van der Waals surface area contributed by atoms with Crippen LogP contribution in [-0.4, -0.2) is 3.71 Å². The quantitative estimate of drug-likeness (QED) is 0.158.